The fourth-order valence-corrected chi connectivity index (χ4v) is 2.26. The Hall–Kier alpha value is -1.63. The lowest BCUT2D eigenvalue weighted by Gasteiger charge is -2.09. The van der Waals surface area contributed by atoms with Crippen molar-refractivity contribution in [1.29, 1.82) is 0 Å². The van der Waals surface area contributed by atoms with Crippen LogP contribution in [-0.2, 0) is 20.1 Å². The van der Waals surface area contributed by atoms with E-state index in [2.05, 4.69) is 38.4 Å². The van der Waals surface area contributed by atoms with Crippen molar-refractivity contribution in [3.05, 3.63) is 39.0 Å². The number of nitrogens with zero attached hydrogens (tertiary/aromatic N) is 4. The van der Waals surface area contributed by atoms with Crippen LogP contribution < -0.4 is 10.9 Å². The SMILES string of the molecule is CCCCn1ncc(NCc2cnn(C)c2)c(Br)c1=O. The largest absolute Gasteiger partial charge is 0.378 e. The van der Waals surface area contributed by atoms with E-state index in [9.17, 15) is 4.79 Å². The van der Waals surface area contributed by atoms with Gasteiger partial charge in [-0.25, -0.2) is 4.68 Å². The molecule has 0 amide bonds. The third kappa shape index (κ3) is 3.47. The van der Waals surface area contributed by atoms with Gasteiger partial charge in [0.1, 0.15) is 4.47 Å². The number of anilines is 1. The third-order valence-electron chi connectivity index (χ3n) is 2.95. The zero-order chi connectivity index (χ0) is 14.5. The summed E-state index contributed by atoms with van der Waals surface area (Å²) in [6.07, 6.45) is 7.37. The highest BCUT2D eigenvalue weighted by atomic mass is 79.9. The Morgan fingerprint density at radius 1 is 1.35 bits per heavy atom. The number of aryl methyl sites for hydroxylation is 2. The molecule has 0 atom stereocenters. The average molecular weight is 340 g/mol. The molecule has 2 aromatic heterocycles. The van der Waals surface area contributed by atoms with E-state index in [0.29, 0.717) is 23.2 Å². The molecule has 0 aliphatic heterocycles. The molecule has 0 bridgehead atoms. The molecule has 0 fully saturated rings. The normalized spacial score (nSPS) is 10.8. The van der Waals surface area contributed by atoms with Crippen molar-refractivity contribution in [1.82, 2.24) is 19.6 Å². The summed E-state index contributed by atoms with van der Waals surface area (Å²) < 4.78 is 3.75. The van der Waals surface area contributed by atoms with Crippen molar-refractivity contribution < 1.29 is 0 Å². The first kappa shape index (κ1) is 14.8. The van der Waals surface area contributed by atoms with Crippen LogP contribution in [0.2, 0.25) is 0 Å². The van der Waals surface area contributed by atoms with Crippen LogP contribution in [0.1, 0.15) is 25.3 Å². The molecular weight excluding hydrogens is 322 g/mol. The summed E-state index contributed by atoms with van der Waals surface area (Å²) in [5.74, 6) is 0. The molecule has 7 heteroatoms. The minimum atomic E-state index is -0.102. The van der Waals surface area contributed by atoms with Crippen LogP contribution in [0.4, 0.5) is 5.69 Å². The quantitative estimate of drug-likeness (QED) is 0.875. The van der Waals surface area contributed by atoms with Gasteiger partial charge < -0.3 is 5.32 Å². The maximum absolute atomic E-state index is 12.1. The fraction of sp³-hybridized carbons (Fsp3) is 0.462. The van der Waals surface area contributed by atoms with Gasteiger partial charge in [0.2, 0.25) is 0 Å². The summed E-state index contributed by atoms with van der Waals surface area (Å²) in [5.41, 5.74) is 1.65. The Bertz CT molecular complexity index is 634. The Morgan fingerprint density at radius 2 is 2.15 bits per heavy atom. The fourth-order valence-electron chi connectivity index (χ4n) is 1.82. The molecule has 2 heterocycles. The van der Waals surface area contributed by atoms with E-state index in [0.717, 1.165) is 18.4 Å². The highest BCUT2D eigenvalue weighted by Crippen LogP contribution is 2.17. The molecule has 0 aromatic carbocycles. The van der Waals surface area contributed by atoms with Gasteiger partial charge in [-0.2, -0.15) is 10.2 Å². The first-order valence-corrected chi connectivity index (χ1v) is 7.38. The summed E-state index contributed by atoms with van der Waals surface area (Å²) in [6.45, 7) is 3.34. The van der Waals surface area contributed by atoms with Gasteiger partial charge in [-0.15, -0.1) is 0 Å². The van der Waals surface area contributed by atoms with Gasteiger partial charge in [0, 0.05) is 31.9 Å². The molecule has 0 spiro atoms. The van der Waals surface area contributed by atoms with Crippen LogP contribution in [0.25, 0.3) is 0 Å². The number of halogens is 1. The van der Waals surface area contributed by atoms with Crippen LogP contribution in [0.15, 0.2) is 27.9 Å². The van der Waals surface area contributed by atoms with E-state index < -0.39 is 0 Å². The van der Waals surface area contributed by atoms with Gasteiger partial charge in [-0.05, 0) is 22.4 Å². The number of hydrogen-bond acceptors (Lipinski definition) is 4. The predicted octanol–water partition coefficient (Wildman–Crippen LogP) is 2.15. The maximum atomic E-state index is 12.1. The van der Waals surface area contributed by atoms with Crippen molar-refractivity contribution in [3.8, 4) is 0 Å². The lowest BCUT2D eigenvalue weighted by molar-refractivity contribution is 0.541. The molecule has 0 unspecified atom stereocenters. The molecule has 2 rings (SSSR count). The molecule has 0 saturated heterocycles. The second-order valence-electron chi connectivity index (χ2n) is 4.63. The van der Waals surface area contributed by atoms with E-state index in [1.165, 1.54) is 4.68 Å². The van der Waals surface area contributed by atoms with Crippen molar-refractivity contribution in [2.45, 2.75) is 32.9 Å². The topological polar surface area (TPSA) is 64.7 Å². The number of aromatic nitrogens is 4. The highest BCUT2D eigenvalue weighted by molar-refractivity contribution is 9.10. The van der Waals surface area contributed by atoms with Crippen LogP contribution in [0.3, 0.4) is 0 Å². The van der Waals surface area contributed by atoms with Gasteiger partial charge in [0.05, 0.1) is 18.1 Å². The highest BCUT2D eigenvalue weighted by Gasteiger charge is 2.08. The van der Waals surface area contributed by atoms with E-state index in [4.69, 9.17) is 0 Å². The molecule has 0 saturated carbocycles. The van der Waals surface area contributed by atoms with Crippen LogP contribution in [0, 0.1) is 0 Å². The smallest absolute Gasteiger partial charge is 0.283 e. The lowest BCUT2D eigenvalue weighted by Crippen LogP contribution is -2.24. The van der Waals surface area contributed by atoms with Crippen molar-refractivity contribution in [2.24, 2.45) is 7.05 Å². The van der Waals surface area contributed by atoms with Gasteiger partial charge >= 0.3 is 0 Å². The van der Waals surface area contributed by atoms with E-state index in [1.54, 1.807) is 17.1 Å². The van der Waals surface area contributed by atoms with Crippen LogP contribution in [-0.4, -0.2) is 19.6 Å². The molecule has 2 aromatic rings. The molecule has 0 radical (unpaired) electrons. The average Bonchev–Trinajstić information content (AvgIpc) is 2.85. The van der Waals surface area contributed by atoms with E-state index in [1.807, 2.05) is 13.2 Å². The lowest BCUT2D eigenvalue weighted by atomic mass is 10.3. The molecular formula is C13H18BrN5O. The molecule has 6 nitrogen and oxygen atoms in total. The Kier molecular flexibility index (Phi) is 4.94. The second-order valence-corrected chi connectivity index (χ2v) is 5.42. The second kappa shape index (κ2) is 6.69. The van der Waals surface area contributed by atoms with E-state index >= 15 is 0 Å². The number of hydrogen-bond donors (Lipinski definition) is 1. The Balaban J connectivity index is 2.09. The maximum Gasteiger partial charge on any atom is 0.283 e. The third-order valence-corrected chi connectivity index (χ3v) is 3.72. The summed E-state index contributed by atoms with van der Waals surface area (Å²) >= 11 is 3.35. The summed E-state index contributed by atoms with van der Waals surface area (Å²) in [7, 11) is 1.87. The molecule has 108 valence electrons. The summed E-state index contributed by atoms with van der Waals surface area (Å²) in [5, 5.41) is 11.5. The first-order valence-electron chi connectivity index (χ1n) is 6.58. The monoisotopic (exact) mass is 339 g/mol. The zero-order valence-electron chi connectivity index (χ0n) is 11.6. The number of rotatable bonds is 6. The van der Waals surface area contributed by atoms with Gasteiger partial charge in [-0.1, -0.05) is 13.3 Å². The van der Waals surface area contributed by atoms with Crippen LogP contribution >= 0.6 is 15.9 Å². The standard InChI is InChI=1S/C13H18BrN5O/c1-3-4-5-19-13(20)12(14)11(8-17-19)15-6-10-7-16-18(2)9-10/h7-9,15H,3-6H2,1-2H3. The molecule has 20 heavy (non-hydrogen) atoms. The van der Waals surface area contributed by atoms with Gasteiger partial charge in [0.15, 0.2) is 0 Å². The van der Waals surface area contributed by atoms with E-state index in [-0.39, 0.29) is 5.56 Å². The molecule has 0 aliphatic rings. The number of nitrogens with one attached hydrogen (secondary N) is 1. The molecule has 1 N–H and O–H groups in total. The van der Waals surface area contributed by atoms with Crippen molar-refractivity contribution >= 4 is 21.6 Å². The minimum absolute atomic E-state index is 0.102. The van der Waals surface area contributed by atoms with Crippen LogP contribution in [0.5, 0.6) is 0 Å². The Morgan fingerprint density at radius 3 is 2.80 bits per heavy atom. The van der Waals surface area contributed by atoms with Crippen molar-refractivity contribution in [2.75, 3.05) is 5.32 Å². The summed E-state index contributed by atoms with van der Waals surface area (Å²) in [6, 6.07) is 0. The number of unbranched alkanes of at least 4 members (excludes halogenated alkanes) is 1. The van der Waals surface area contributed by atoms with Gasteiger partial charge in [-0.3, -0.25) is 9.48 Å². The minimum Gasteiger partial charge on any atom is -0.378 e. The van der Waals surface area contributed by atoms with Crippen molar-refractivity contribution in [3.63, 3.8) is 0 Å². The summed E-state index contributed by atoms with van der Waals surface area (Å²) in [4.78, 5) is 12.1. The van der Waals surface area contributed by atoms with Gasteiger partial charge in [0.25, 0.3) is 5.56 Å². The first-order chi connectivity index (χ1) is 9.61. The predicted molar refractivity (Wildman–Crippen MR) is 81.6 cm³/mol. The molecule has 0 aliphatic carbocycles. The Labute approximate surface area is 125 Å². The zero-order valence-corrected chi connectivity index (χ0v) is 13.2.